The molecular formula is C4H8O5. The average molecular weight is 136 g/mol. The van der Waals surface area contributed by atoms with Gasteiger partial charge in [0.05, 0.1) is 0 Å². The molecule has 1 rings (SSSR count). The first-order valence-corrected chi connectivity index (χ1v) is 2.48. The van der Waals surface area contributed by atoms with Crippen molar-refractivity contribution in [2.24, 2.45) is 0 Å². The molecule has 0 aromatic carbocycles. The van der Waals surface area contributed by atoms with Crippen molar-refractivity contribution in [3.8, 4) is 0 Å². The predicted octanol–water partition coefficient (Wildman–Crippen LogP) is -1.40. The third-order valence-electron chi connectivity index (χ3n) is 0.888. The molecule has 1 saturated heterocycles. The average Bonchev–Trinajstić information content (AvgIpc) is 1.99. The summed E-state index contributed by atoms with van der Waals surface area (Å²) in [5, 5.41) is 17.4. The smallest absolute Gasteiger partial charge is 0.209 e. The summed E-state index contributed by atoms with van der Waals surface area (Å²) in [6.07, 6.45) is -2.60. The van der Waals surface area contributed by atoms with Crippen molar-refractivity contribution in [1.82, 2.24) is 0 Å². The molecule has 1 aliphatic rings. The van der Waals surface area contributed by atoms with Gasteiger partial charge in [-0.25, -0.2) is 0 Å². The normalized spacial score (nSPS) is 38.0. The topological polar surface area (TPSA) is 68.2 Å². The third-order valence-corrected chi connectivity index (χ3v) is 0.888. The van der Waals surface area contributed by atoms with Gasteiger partial charge < -0.3 is 24.4 Å². The second kappa shape index (κ2) is 3.09. The number of ether oxygens (including phenoxy) is 3. The molecule has 0 amide bonds. The lowest BCUT2D eigenvalue weighted by molar-refractivity contribution is -0.232. The standard InChI is InChI=1S/C4H8O5/c5-3-4(6)9-2-7-1-8-3/h3-6H,1-2H2. The molecule has 0 aromatic rings. The highest BCUT2D eigenvalue weighted by Gasteiger charge is 2.19. The fourth-order valence-corrected chi connectivity index (χ4v) is 0.434. The quantitative estimate of drug-likeness (QED) is 0.428. The monoisotopic (exact) mass is 136 g/mol. The highest BCUT2D eigenvalue weighted by atomic mass is 16.8. The Morgan fingerprint density at radius 1 is 1.00 bits per heavy atom. The first-order chi connectivity index (χ1) is 4.30. The van der Waals surface area contributed by atoms with E-state index >= 15 is 0 Å². The minimum atomic E-state index is -1.30. The summed E-state index contributed by atoms with van der Waals surface area (Å²) in [4.78, 5) is 0. The van der Waals surface area contributed by atoms with Crippen molar-refractivity contribution >= 4 is 0 Å². The summed E-state index contributed by atoms with van der Waals surface area (Å²) < 4.78 is 13.5. The molecule has 1 heterocycles. The summed E-state index contributed by atoms with van der Waals surface area (Å²) in [5.41, 5.74) is 0. The van der Waals surface area contributed by atoms with Crippen LogP contribution in [0.25, 0.3) is 0 Å². The highest BCUT2D eigenvalue weighted by molar-refractivity contribution is 4.43. The van der Waals surface area contributed by atoms with Crippen LogP contribution in [0.5, 0.6) is 0 Å². The molecule has 0 saturated carbocycles. The molecular weight excluding hydrogens is 128 g/mol. The zero-order valence-corrected chi connectivity index (χ0v) is 4.69. The van der Waals surface area contributed by atoms with E-state index in [-0.39, 0.29) is 13.6 Å². The number of hydrogen-bond acceptors (Lipinski definition) is 5. The van der Waals surface area contributed by atoms with Crippen LogP contribution >= 0.6 is 0 Å². The van der Waals surface area contributed by atoms with Crippen LogP contribution in [0.4, 0.5) is 0 Å². The largest absolute Gasteiger partial charge is 0.364 e. The van der Waals surface area contributed by atoms with Gasteiger partial charge in [0.2, 0.25) is 12.6 Å². The maximum atomic E-state index is 8.68. The minimum absolute atomic E-state index is 0.0573. The van der Waals surface area contributed by atoms with E-state index in [0.29, 0.717) is 0 Å². The van der Waals surface area contributed by atoms with Crippen LogP contribution in [0.2, 0.25) is 0 Å². The van der Waals surface area contributed by atoms with Crippen LogP contribution in [0.15, 0.2) is 0 Å². The molecule has 0 bridgehead atoms. The van der Waals surface area contributed by atoms with Gasteiger partial charge in [-0.1, -0.05) is 0 Å². The molecule has 9 heavy (non-hydrogen) atoms. The van der Waals surface area contributed by atoms with Gasteiger partial charge in [0.1, 0.15) is 0 Å². The summed E-state index contributed by atoms with van der Waals surface area (Å²) in [6.45, 7) is -0.115. The van der Waals surface area contributed by atoms with Gasteiger partial charge >= 0.3 is 0 Å². The van der Waals surface area contributed by atoms with Crippen LogP contribution in [-0.4, -0.2) is 36.4 Å². The molecule has 2 N–H and O–H groups in total. The second-order valence-corrected chi connectivity index (χ2v) is 1.55. The van der Waals surface area contributed by atoms with Gasteiger partial charge in [0.25, 0.3) is 0 Å². The molecule has 5 nitrogen and oxygen atoms in total. The fourth-order valence-electron chi connectivity index (χ4n) is 0.434. The van der Waals surface area contributed by atoms with Crippen molar-refractivity contribution in [2.45, 2.75) is 12.6 Å². The minimum Gasteiger partial charge on any atom is -0.364 e. The Morgan fingerprint density at radius 3 is 1.89 bits per heavy atom. The molecule has 1 fully saturated rings. The zero-order valence-electron chi connectivity index (χ0n) is 4.69. The van der Waals surface area contributed by atoms with E-state index in [1.807, 2.05) is 0 Å². The Morgan fingerprint density at radius 2 is 1.44 bits per heavy atom. The van der Waals surface area contributed by atoms with E-state index in [0.717, 1.165) is 0 Å². The molecule has 2 unspecified atom stereocenters. The van der Waals surface area contributed by atoms with Crippen molar-refractivity contribution in [3.63, 3.8) is 0 Å². The van der Waals surface area contributed by atoms with E-state index in [2.05, 4.69) is 14.2 Å². The van der Waals surface area contributed by atoms with Crippen LogP contribution in [0.3, 0.4) is 0 Å². The molecule has 2 atom stereocenters. The first kappa shape index (κ1) is 6.91. The molecule has 54 valence electrons. The lowest BCUT2D eigenvalue weighted by Crippen LogP contribution is -2.28. The highest BCUT2D eigenvalue weighted by Crippen LogP contribution is 2.02. The lowest BCUT2D eigenvalue weighted by Gasteiger charge is -2.11. The Bertz CT molecular complexity index is 75.0. The molecule has 0 radical (unpaired) electrons. The maximum Gasteiger partial charge on any atom is 0.209 e. The van der Waals surface area contributed by atoms with Gasteiger partial charge in [0.15, 0.2) is 13.6 Å². The van der Waals surface area contributed by atoms with E-state index in [1.54, 1.807) is 0 Å². The number of hydrogen-bond donors (Lipinski definition) is 2. The number of aliphatic hydroxyl groups is 2. The maximum absolute atomic E-state index is 8.68. The van der Waals surface area contributed by atoms with Crippen LogP contribution in [0.1, 0.15) is 0 Å². The SMILES string of the molecule is OC1OCOCOC1O. The molecule has 0 spiro atoms. The molecule has 5 heteroatoms. The Kier molecular flexibility index (Phi) is 2.38. The third kappa shape index (κ3) is 1.88. The molecule has 1 aliphatic heterocycles. The molecule has 0 aliphatic carbocycles. The Hall–Kier alpha value is -0.200. The van der Waals surface area contributed by atoms with E-state index in [4.69, 9.17) is 10.2 Å². The second-order valence-electron chi connectivity index (χ2n) is 1.55. The predicted molar refractivity (Wildman–Crippen MR) is 25.0 cm³/mol. The first-order valence-electron chi connectivity index (χ1n) is 2.48. The van der Waals surface area contributed by atoms with Crippen molar-refractivity contribution in [3.05, 3.63) is 0 Å². The van der Waals surface area contributed by atoms with Gasteiger partial charge in [-0.3, -0.25) is 0 Å². The van der Waals surface area contributed by atoms with Gasteiger partial charge in [-0.05, 0) is 0 Å². The van der Waals surface area contributed by atoms with Crippen molar-refractivity contribution in [2.75, 3.05) is 13.6 Å². The Balaban J connectivity index is 2.32. The van der Waals surface area contributed by atoms with Crippen LogP contribution < -0.4 is 0 Å². The van der Waals surface area contributed by atoms with E-state index in [1.165, 1.54) is 0 Å². The van der Waals surface area contributed by atoms with E-state index < -0.39 is 12.6 Å². The summed E-state index contributed by atoms with van der Waals surface area (Å²) in [5.74, 6) is 0. The zero-order chi connectivity index (χ0) is 6.69. The lowest BCUT2D eigenvalue weighted by atomic mass is 10.6. The van der Waals surface area contributed by atoms with Crippen molar-refractivity contribution in [1.29, 1.82) is 0 Å². The summed E-state index contributed by atoms with van der Waals surface area (Å²) in [7, 11) is 0. The summed E-state index contributed by atoms with van der Waals surface area (Å²) in [6, 6.07) is 0. The van der Waals surface area contributed by atoms with Gasteiger partial charge in [-0.15, -0.1) is 0 Å². The Labute approximate surface area is 51.8 Å². The van der Waals surface area contributed by atoms with Gasteiger partial charge in [-0.2, -0.15) is 0 Å². The van der Waals surface area contributed by atoms with Crippen molar-refractivity contribution < 1.29 is 24.4 Å². The number of aliphatic hydroxyl groups excluding tert-OH is 2. The fraction of sp³-hybridized carbons (Fsp3) is 1.00. The van der Waals surface area contributed by atoms with E-state index in [9.17, 15) is 0 Å². The van der Waals surface area contributed by atoms with Crippen LogP contribution in [0, 0.1) is 0 Å². The number of rotatable bonds is 0. The summed E-state index contributed by atoms with van der Waals surface area (Å²) >= 11 is 0. The molecule has 0 aromatic heterocycles. The van der Waals surface area contributed by atoms with Gasteiger partial charge in [0, 0.05) is 0 Å². The van der Waals surface area contributed by atoms with Crippen LogP contribution in [-0.2, 0) is 14.2 Å².